The standard InChI is InChI=1S/C15H26N4O2/c1-11-16-13(17-21-11)10-19-8-6-12(7-9-19)18(5)14(20)15(2,3)4/h12H,6-10H2,1-5H3. The molecule has 1 fully saturated rings. The molecule has 6 nitrogen and oxygen atoms in total. The highest BCUT2D eigenvalue weighted by Gasteiger charge is 2.31. The average Bonchev–Trinajstić information content (AvgIpc) is 2.82. The van der Waals surface area contributed by atoms with Gasteiger partial charge in [-0.25, -0.2) is 0 Å². The number of amides is 1. The lowest BCUT2D eigenvalue weighted by atomic mass is 9.92. The fourth-order valence-corrected chi connectivity index (χ4v) is 2.77. The number of aromatic nitrogens is 2. The quantitative estimate of drug-likeness (QED) is 0.851. The average molecular weight is 294 g/mol. The molecule has 2 heterocycles. The highest BCUT2D eigenvalue weighted by molar-refractivity contribution is 5.81. The lowest BCUT2D eigenvalue weighted by Gasteiger charge is -2.38. The summed E-state index contributed by atoms with van der Waals surface area (Å²) < 4.78 is 4.99. The van der Waals surface area contributed by atoms with Gasteiger partial charge in [-0.2, -0.15) is 4.98 Å². The van der Waals surface area contributed by atoms with Crippen LogP contribution in [0.25, 0.3) is 0 Å². The number of carbonyl (C=O) groups is 1. The molecule has 0 N–H and O–H groups in total. The predicted octanol–water partition coefficient (Wildman–Crippen LogP) is 1.85. The number of carbonyl (C=O) groups excluding carboxylic acids is 1. The van der Waals surface area contributed by atoms with E-state index >= 15 is 0 Å². The van der Waals surface area contributed by atoms with Crippen molar-refractivity contribution in [1.82, 2.24) is 19.9 Å². The molecule has 0 saturated carbocycles. The van der Waals surface area contributed by atoms with Gasteiger partial charge in [0.1, 0.15) is 0 Å². The van der Waals surface area contributed by atoms with Crippen LogP contribution in [0, 0.1) is 12.3 Å². The first kappa shape index (κ1) is 15.9. The molecule has 0 aromatic carbocycles. The summed E-state index contributed by atoms with van der Waals surface area (Å²) in [6.45, 7) is 10.4. The number of nitrogens with zero attached hydrogens (tertiary/aromatic N) is 4. The zero-order valence-electron chi connectivity index (χ0n) is 13.7. The number of aryl methyl sites for hydroxylation is 1. The van der Waals surface area contributed by atoms with E-state index in [9.17, 15) is 4.79 Å². The molecule has 0 radical (unpaired) electrons. The lowest BCUT2D eigenvalue weighted by Crippen LogP contribution is -2.48. The maximum absolute atomic E-state index is 12.3. The smallest absolute Gasteiger partial charge is 0.227 e. The summed E-state index contributed by atoms with van der Waals surface area (Å²) in [7, 11) is 1.93. The van der Waals surface area contributed by atoms with Gasteiger partial charge >= 0.3 is 0 Å². The van der Waals surface area contributed by atoms with Gasteiger partial charge in [0.15, 0.2) is 5.82 Å². The Balaban J connectivity index is 1.84. The highest BCUT2D eigenvalue weighted by Crippen LogP contribution is 2.23. The van der Waals surface area contributed by atoms with Crippen LogP contribution in [0.3, 0.4) is 0 Å². The second-order valence-corrected chi connectivity index (χ2v) is 6.90. The van der Waals surface area contributed by atoms with E-state index in [1.165, 1.54) is 0 Å². The van der Waals surface area contributed by atoms with Gasteiger partial charge in [0.25, 0.3) is 0 Å². The van der Waals surface area contributed by atoms with E-state index in [-0.39, 0.29) is 11.3 Å². The maximum atomic E-state index is 12.3. The molecule has 0 unspecified atom stereocenters. The van der Waals surface area contributed by atoms with E-state index in [1.807, 2.05) is 32.7 Å². The molecule has 1 aliphatic rings. The minimum atomic E-state index is -0.311. The molecule has 0 spiro atoms. The molecule has 6 heteroatoms. The van der Waals surface area contributed by atoms with Crippen LogP contribution in [0.2, 0.25) is 0 Å². The van der Waals surface area contributed by atoms with Crippen LogP contribution in [0.15, 0.2) is 4.52 Å². The molecular weight excluding hydrogens is 268 g/mol. The minimum absolute atomic E-state index is 0.217. The van der Waals surface area contributed by atoms with Gasteiger partial charge in [0.2, 0.25) is 11.8 Å². The second kappa shape index (κ2) is 6.13. The van der Waals surface area contributed by atoms with Crippen molar-refractivity contribution < 1.29 is 9.32 Å². The van der Waals surface area contributed by atoms with Crippen molar-refractivity contribution in [3.8, 4) is 0 Å². The van der Waals surface area contributed by atoms with Crippen molar-refractivity contribution in [3.05, 3.63) is 11.7 Å². The van der Waals surface area contributed by atoms with Crippen LogP contribution in [0.4, 0.5) is 0 Å². The predicted molar refractivity (Wildman–Crippen MR) is 79.6 cm³/mol. The van der Waals surface area contributed by atoms with E-state index in [2.05, 4.69) is 15.0 Å². The lowest BCUT2D eigenvalue weighted by molar-refractivity contribution is -0.141. The summed E-state index contributed by atoms with van der Waals surface area (Å²) >= 11 is 0. The Kier molecular flexibility index (Phi) is 4.66. The summed E-state index contributed by atoms with van der Waals surface area (Å²) in [5.74, 6) is 1.57. The third-order valence-corrected chi connectivity index (χ3v) is 4.00. The Morgan fingerprint density at radius 3 is 2.48 bits per heavy atom. The van der Waals surface area contributed by atoms with Crippen LogP contribution < -0.4 is 0 Å². The first-order chi connectivity index (χ1) is 9.77. The Labute approximate surface area is 126 Å². The second-order valence-electron chi connectivity index (χ2n) is 6.90. The van der Waals surface area contributed by atoms with Crippen molar-refractivity contribution in [2.45, 2.75) is 53.1 Å². The molecule has 1 aromatic heterocycles. The van der Waals surface area contributed by atoms with Crippen LogP contribution >= 0.6 is 0 Å². The fraction of sp³-hybridized carbons (Fsp3) is 0.800. The van der Waals surface area contributed by atoms with Crippen LogP contribution in [-0.2, 0) is 11.3 Å². The monoisotopic (exact) mass is 294 g/mol. The number of piperidine rings is 1. The summed E-state index contributed by atoms with van der Waals surface area (Å²) in [5, 5.41) is 3.93. The molecule has 0 bridgehead atoms. The van der Waals surface area contributed by atoms with Gasteiger partial charge in [-0.05, 0) is 12.8 Å². The number of hydrogen-bond acceptors (Lipinski definition) is 5. The summed E-state index contributed by atoms with van der Waals surface area (Å²) in [6.07, 6.45) is 1.99. The van der Waals surface area contributed by atoms with Crippen molar-refractivity contribution in [1.29, 1.82) is 0 Å². The summed E-state index contributed by atoms with van der Waals surface area (Å²) in [4.78, 5) is 20.8. The Bertz CT molecular complexity index is 484. The largest absolute Gasteiger partial charge is 0.342 e. The molecule has 1 aromatic rings. The molecule has 0 atom stereocenters. The maximum Gasteiger partial charge on any atom is 0.227 e. The van der Waals surface area contributed by atoms with Crippen molar-refractivity contribution in [2.75, 3.05) is 20.1 Å². The minimum Gasteiger partial charge on any atom is -0.342 e. The number of hydrogen-bond donors (Lipinski definition) is 0. The van der Waals surface area contributed by atoms with E-state index in [0.717, 1.165) is 38.3 Å². The SMILES string of the molecule is Cc1nc(CN2CCC(N(C)C(=O)C(C)(C)C)CC2)no1. The molecule has 118 valence electrons. The van der Waals surface area contributed by atoms with Crippen LogP contribution in [0.5, 0.6) is 0 Å². The van der Waals surface area contributed by atoms with Crippen molar-refractivity contribution in [2.24, 2.45) is 5.41 Å². The van der Waals surface area contributed by atoms with Crippen LogP contribution in [-0.4, -0.2) is 52.0 Å². The molecular formula is C15H26N4O2. The Morgan fingerprint density at radius 1 is 1.38 bits per heavy atom. The molecule has 1 amide bonds. The third kappa shape index (κ3) is 4.03. The molecule has 2 rings (SSSR count). The topological polar surface area (TPSA) is 62.5 Å². The van der Waals surface area contributed by atoms with Crippen molar-refractivity contribution >= 4 is 5.91 Å². The molecule has 1 aliphatic heterocycles. The van der Waals surface area contributed by atoms with Gasteiger partial charge in [-0.15, -0.1) is 0 Å². The zero-order valence-corrected chi connectivity index (χ0v) is 13.7. The first-order valence-electron chi connectivity index (χ1n) is 7.56. The molecule has 1 saturated heterocycles. The number of likely N-dealkylation sites (tertiary alicyclic amines) is 1. The van der Waals surface area contributed by atoms with Gasteiger partial charge < -0.3 is 9.42 Å². The van der Waals surface area contributed by atoms with Crippen LogP contribution in [0.1, 0.15) is 45.3 Å². The van der Waals surface area contributed by atoms with Gasteiger partial charge in [-0.3, -0.25) is 9.69 Å². The Hall–Kier alpha value is -1.43. The number of rotatable bonds is 3. The van der Waals surface area contributed by atoms with Gasteiger partial charge in [0.05, 0.1) is 6.54 Å². The van der Waals surface area contributed by atoms with E-state index < -0.39 is 0 Å². The highest BCUT2D eigenvalue weighted by atomic mass is 16.5. The summed E-state index contributed by atoms with van der Waals surface area (Å²) in [5.41, 5.74) is -0.311. The van der Waals surface area contributed by atoms with Gasteiger partial charge in [0, 0.05) is 38.5 Å². The Morgan fingerprint density at radius 2 is 2.00 bits per heavy atom. The van der Waals surface area contributed by atoms with Crippen molar-refractivity contribution in [3.63, 3.8) is 0 Å². The van der Waals surface area contributed by atoms with E-state index in [0.29, 0.717) is 11.9 Å². The zero-order chi connectivity index (χ0) is 15.6. The summed E-state index contributed by atoms with van der Waals surface area (Å²) in [6, 6.07) is 0.333. The fourth-order valence-electron chi connectivity index (χ4n) is 2.77. The normalized spacial score (nSPS) is 18.0. The van der Waals surface area contributed by atoms with Gasteiger partial charge in [-0.1, -0.05) is 25.9 Å². The third-order valence-electron chi connectivity index (χ3n) is 4.00. The molecule has 21 heavy (non-hydrogen) atoms. The first-order valence-corrected chi connectivity index (χ1v) is 7.56. The van der Waals surface area contributed by atoms with E-state index in [4.69, 9.17) is 4.52 Å². The molecule has 0 aliphatic carbocycles. The van der Waals surface area contributed by atoms with E-state index in [1.54, 1.807) is 6.92 Å².